The van der Waals surface area contributed by atoms with Crippen molar-refractivity contribution in [2.24, 2.45) is 5.73 Å². The van der Waals surface area contributed by atoms with Gasteiger partial charge in [-0.25, -0.2) is 0 Å². The van der Waals surface area contributed by atoms with Gasteiger partial charge in [0.05, 0.1) is 0 Å². The van der Waals surface area contributed by atoms with Crippen LogP contribution in [0.1, 0.15) is 13.8 Å². The van der Waals surface area contributed by atoms with Crippen molar-refractivity contribution in [3.05, 3.63) is 48.6 Å². The van der Waals surface area contributed by atoms with Crippen LogP contribution in [0.15, 0.2) is 48.6 Å². The molecule has 1 unspecified atom stereocenters. The lowest BCUT2D eigenvalue weighted by Gasteiger charge is -2.03. The van der Waals surface area contributed by atoms with Gasteiger partial charge in [-0.3, -0.25) is 0 Å². The molecule has 1 atom stereocenters. The molecule has 0 aliphatic carbocycles. The van der Waals surface area contributed by atoms with E-state index in [-0.39, 0.29) is 6.04 Å². The third kappa shape index (κ3) is 3.94. The lowest BCUT2D eigenvalue weighted by molar-refractivity contribution is 0.889. The van der Waals surface area contributed by atoms with E-state index in [2.05, 4.69) is 19.7 Å². The Kier molecular flexibility index (Phi) is 4.30. The predicted molar refractivity (Wildman–Crippen MR) is 55.9 cm³/mol. The fourth-order valence-electron chi connectivity index (χ4n) is 0.502. The van der Waals surface area contributed by atoms with Gasteiger partial charge in [0, 0.05) is 6.04 Å². The molecule has 0 aliphatic rings. The highest BCUT2D eigenvalue weighted by atomic mass is 14.6. The van der Waals surface area contributed by atoms with Gasteiger partial charge in [0.15, 0.2) is 0 Å². The van der Waals surface area contributed by atoms with Crippen molar-refractivity contribution >= 4 is 0 Å². The summed E-state index contributed by atoms with van der Waals surface area (Å²) in [4.78, 5) is 0. The van der Waals surface area contributed by atoms with E-state index >= 15 is 0 Å². The lowest BCUT2D eigenvalue weighted by atomic mass is 10.1. The molecule has 1 nitrogen and oxygen atoms in total. The number of nitrogens with two attached hydrogens (primary N) is 1. The third-order valence-corrected chi connectivity index (χ3v) is 1.63. The first kappa shape index (κ1) is 10.9. The van der Waals surface area contributed by atoms with Crippen LogP contribution in [0.25, 0.3) is 0 Å². The van der Waals surface area contributed by atoms with E-state index in [1.54, 1.807) is 0 Å². The van der Waals surface area contributed by atoms with Crippen molar-refractivity contribution in [3.8, 4) is 0 Å². The number of allylic oxidation sites excluding steroid dienone is 3. The van der Waals surface area contributed by atoms with E-state index in [1.165, 1.54) is 0 Å². The molecule has 0 aliphatic heterocycles. The Morgan fingerprint density at radius 1 is 1.25 bits per heavy atom. The summed E-state index contributed by atoms with van der Waals surface area (Å²) in [7, 11) is 0. The minimum atomic E-state index is -0.000767. The van der Waals surface area contributed by atoms with Crippen LogP contribution in [0.3, 0.4) is 0 Å². The van der Waals surface area contributed by atoms with Crippen molar-refractivity contribution in [1.29, 1.82) is 0 Å². The Morgan fingerprint density at radius 2 is 1.75 bits per heavy atom. The Balaban J connectivity index is 4.17. The second-order valence-corrected chi connectivity index (χ2v) is 3.00. The average Bonchev–Trinajstić information content (AvgIpc) is 1.98. The zero-order valence-corrected chi connectivity index (χ0v) is 7.93. The van der Waals surface area contributed by atoms with Gasteiger partial charge in [-0.2, -0.15) is 0 Å². The third-order valence-electron chi connectivity index (χ3n) is 1.63. The van der Waals surface area contributed by atoms with Gasteiger partial charge in [0.2, 0.25) is 0 Å². The molecule has 0 aromatic rings. The quantitative estimate of drug-likeness (QED) is 0.633. The summed E-state index contributed by atoms with van der Waals surface area (Å²) in [6.07, 6.45) is 3.76. The van der Waals surface area contributed by atoms with E-state index in [0.717, 1.165) is 16.7 Å². The smallest absolute Gasteiger partial charge is 0.0260 e. The molecule has 0 rings (SSSR count). The highest BCUT2D eigenvalue weighted by Crippen LogP contribution is 2.07. The SMILES string of the molecule is C=C(C)C(=C)/C=C\C(=C)C(C)N. The summed E-state index contributed by atoms with van der Waals surface area (Å²) in [5.41, 5.74) is 8.37. The van der Waals surface area contributed by atoms with Gasteiger partial charge in [-0.05, 0) is 25.0 Å². The van der Waals surface area contributed by atoms with Gasteiger partial charge in [-0.15, -0.1) is 0 Å². The summed E-state index contributed by atoms with van der Waals surface area (Å²) in [6.45, 7) is 15.2. The lowest BCUT2D eigenvalue weighted by Crippen LogP contribution is -2.15. The van der Waals surface area contributed by atoms with Crippen molar-refractivity contribution in [1.82, 2.24) is 0 Å². The van der Waals surface area contributed by atoms with Gasteiger partial charge in [0.1, 0.15) is 0 Å². The normalized spacial score (nSPS) is 12.9. The van der Waals surface area contributed by atoms with Gasteiger partial charge in [-0.1, -0.05) is 37.5 Å². The van der Waals surface area contributed by atoms with Gasteiger partial charge >= 0.3 is 0 Å². The van der Waals surface area contributed by atoms with Crippen LogP contribution in [-0.2, 0) is 0 Å². The van der Waals surface area contributed by atoms with Crippen LogP contribution in [-0.4, -0.2) is 6.04 Å². The minimum absolute atomic E-state index is 0.000767. The number of hydrogen-bond acceptors (Lipinski definition) is 1. The Hall–Kier alpha value is -1.08. The topological polar surface area (TPSA) is 26.0 Å². The first-order valence-corrected chi connectivity index (χ1v) is 3.92. The first-order valence-electron chi connectivity index (χ1n) is 3.92. The fraction of sp³-hybridized carbons (Fsp3) is 0.273. The van der Waals surface area contributed by atoms with Crippen molar-refractivity contribution in [2.75, 3.05) is 0 Å². The molecule has 12 heavy (non-hydrogen) atoms. The molecule has 66 valence electrons. The average molecular weight is 163 g/mol. The fourth-order valence-corrected chi connectivity index (χ4v) is 0.502. The van der Waals surface area contributed by atoms with Crippen LogP contribution >= 0.6 is 0 Å². The number of rotatable bonds is 4. The highest BCUT2D eigenvalue weighted by Gasteiger charge is 1.94. The molecule has 2 N–H and O–H groups in total. The zero-order chi connectivity index (χ0) is 9.72. The summed E-state index contributed by atoms with van der Waals surface area (Å²) < 4.78 is 0. The van der Waals surface area contributed by atoms with Crippen LogP contribution in [0.5, 0.6) is 0 Å². The molecule has 0 saturated heterocycles. The molecular weight excluding hydrogens is 146 g/mol. The van der Waals surface area contributed by atoms with E-state index < -0.39 is 0 Å². The molecule has 0 heterocycles. The molecule has 0 aromatic heterocycles. The monoisotopic (exact) mass is 163 g/mol. The maximum absolute atomic E-state index is 5.60. The largest absolute Gasteiger partial charge is 0.324 e. The molecule has 0 fully saturated rings. The second-order valence-electron chi connectivity index (χ2n) is 3.00. The standard InChI is InChI=1S/C11H17N/c1-8(2)9(3)6-7-10(4)11(5)12/h6-7,11H,1,3-4,12H2,2,5H3/b7-6-. The molecule has 0 amide bonds. The van der Waals surface area contributed by atoms with Crippen LogP contribution in [0.2, 0.25) is 0 Å². The molecule has 0 bridgehead atoms. The molecule has 0 aromatic carbocycles. The molecule has 0 saturated carbocycles. The molecule has 0 spiro atoms. The zero-order valence-electron chi connectivity index (χ0n) is 7.93. The van der Waals surface area contributed by atoms with E-state index in [1.807, 2.05) is 26.0 Å². The summed E-state index contributed by atoms with van der Waals surface area (Å²) in [6, 6.07) is -0.000767. The first-order chi connectivity index (χ1) is 5.45. The molecular formula is C11H17N. The highest BCUT2D eigenvalue weighted by molar-refractivity contribution is 5.37. The molecule has 0 radical (unpaired) electrons. The van der Waals surface area contributed by atoms with Gasteiger partial charge < -0.3 is 5.73 Å². The summed E-state index contributed by atoms with van der Waals surface area (Å²) in [5, 5.41) is 0. The van der Waals surface area contributed by atoms with Crippen LogP contribution in [0.4, 0.5) is 0 Å². The molecule has 1 heteroatoms. The Labute approximate surface area is 75.0 Å². The predicted octanol–water partition coefficient (Wildman–Crippen LogP) is 2.58. The summed E-state index contributed by atoms with van der Waals surface area (Å²) >= 11 is 0. The van der Waals surface area contributed by atoms with E-state index in [9.17, 15) is 0 Å². The van der Waals surface area contributed by atoms with Gasteiger partial charge in [0.25, 0.3) is 0 Å². The van der Waals surface area contributed by atoms with E-state index in [4.69, 9.17) is 5.73 Å². The number of hydrogen-bond donors (Lipinski definition) is 1. The second kappa shape index (κ2) is 4.73. The maximum atomic E-state index is 5.60. The van der Waals surface area contributed by atoms with Crippen LogP contribution in [0, 0.1) is 0 Å². The van der Waals surface area contributed by atoms with Crippen molar-refractivity contribution in [2.45, 2.75) is 19.9 Å². The minimum Gasteiger partial charge on any atom is -0.324 e. The maximum Gasteiger partial charge on any atom is 0.0260 e. The van der Waals surface area contributed by atoms with E-state index in [0.29, 0.717) is 0 Å². The van der Waals surface area contributed by atoms with Crippen LogP contribution < -0.4 is 5.73 Å². The Morgan fingerprint density at radius 3 is 2.08 bits per heavy atom. The summed E-state index contributed by atoms with van der Waals surface area (Å²) in [5.74, 6) is 0. The van der Waals surface area contributed by atoms with Crippen molar-refractivity contribution in [3.63, 3.8) is 0 Å². The Bertz CT molecular complexity index is 231. The van der Waals surface area contributed by atoms with Crippen molar-refractivity contribution < 1.29 is 0 Å².